The lowest BCUT2D eigenvalue weighted by molar-refractivity contribution is 0.201. The van der Waals surface area contributed by atoms with Gasteiger partial charge in [0.2, 0.25) is 0 Å². The molecule has 2 aliphatic carbocycles. The molecule has 160 valence electrons. The minimum absolute atomic E-state index is 0.0577. The molecule has 0 bridgehead atoms. The number of pyridine rings is 1. The average Bonchev–Trinajstić information content (AvgIpc) is 3.08. The van der Waals surface area contributed by atoms with Crippen LogP contribution in [0.1, 0.15) is 36.8 Å². The summed E-state index contributed by atoms with van der Waals surface area (Å²) in [6.45, 7) is 0.160. The number of ether oxygens (including phenoxy) is 1. The first-order chi connectivity index (χ1) is 15.2. The van der Waals surface area contributed by atoms with Gasteiger partial charge in [-0.25, -0.2) is 4.98 Å². The number of thioether (sulfide) groups is 1. The third-order valence-electron chi connectivity index (χ3n) is 6.43. The van der Waals surface area contributed by atoms with Crippen molar-refractivity contribution in [1.29, 1.82) is 10.5 Å². The van der Waals surface area contributed by atoms with Crippen molar-refractivity contribution in [2.75, 3.05) is 31.3 Å². The fraction of sp³-hybridized carbons (Fsp3) is 0.458. The summed E-state index contributed by atoms with van der Waals surface area (Å²) in [6.07, 6.45) is 5.32. The Morgan fingerprint density at radius 3 is 2.35 bits per heavy atom. The maximum atomic E-state index is 10.0. The van der Waals surface area contributed by atoms with E-state index in [4.69, 9.17) is 9.84 Å². The molecule has 0 radical (unpaired) electrons. The van der Waals surface area contributed by atoms with Gasteiger partial charge in [0.05, 0.1) is 12.2 Å². The van der Waals surface area contributed by atoms with Crippen molar-refractivity contribution in [3.05, 3.63) is 35.4 Å². The Morgan fingerprint density at radius 1 is 1.13 bits per heavy atom. The van der Waals surface area contributed by atoms with Crippen LogP contribution in [0.15, 0.2) is 29.3 Å². The number of aliphatic hydroxyl groups excluding tert-OH is 1. The number of benzene rings is 1. The molecule has 1 aromatic carbocycles. The monoisotopic (exact) mass is 434 g/mol. The third-order valence-corrected chi connectivity index (χ3v) is 7.64. The summed E-state index contributed by atoms with van der Waals surface area (Å²) in [5, 5.41) is 32.5. The molecule has 6 nitrogen and oxygen atoms in total. The molecule has 1 aromatic heterocycles. The van der Waals surface area contributed by atoms with Gasteiger partial charge in [0, 0.05) is 18.4 Å². The summed E-state index contributed by atoms with van der Waals surface area (Å²) >= 11 is 1.64. The Bertz CT molecular complexity index is 1010. The van der Waals surface area contributed by atoms with Gasteiger partial charge < -0.3 is 15.2 Å². The normalized spacial score (nSPS) is 21.5. The second kappa shape index (κ2) is 9.60. The Balaban J connectivity index is 1.66. The summed E-state index contributed by atoms with van der Waals surface area (Å²) in [6, 6.07) is 11.8. The Hall–Kier alpha value is -2.74. The molecule has 31 heavy (non-hydrogen) atoms. The highest BCUT2D eigenvalue weighted by Crippen LogP contribution is 2.50. The molecule has 2 aliphatic rings. The summed E-state index contributed by atoms with van der Waals surface area (Å²) in [5.41, 5.74) is 2.19. The van der Waals surface area contributed by atoms with Crippen LogP contribution in [-0.4, -0.2) is 36.1 Å². The number of aliphatic hydroxyl groups is 1. The van der Waals surface area contributed by atoms with E-state index in [0.717, 1.165) is 23.2 Å². The molecular formula is C24H26N4O2S. The van der Waals surface area contributed by atoms with Crippen LogP contribution in [0.2, 0.25) is 0 Å². The van der Waals surface area contributed by atoms with Crippen LogP contribution in [0.3, 0.4) is 0 Å². The summed E-state index contributed by atoms with van der Waals surface area (Å²) in [4.78, 5) is 4.65. The second-order valence-electron chi connectivity index (χ2n) is 8.21. The molecule has 0 aliphatic heterocycles. The summed E-state index contributed by atoms with van der Waals surface area (Å²) < 4.78 is 5.44. The standard InChI is InChI=1S/C24H26N4O2S/c1-27-23-20(12-25)22(16-4-6-19(7-5-16)30-9-8-29)21(13-26)24(28-23)31-14-15-10-17-2-3-18(17)11-15/h4-7,15,17-18,29H,2-3,8-11,14H2,1H3,(H,27,28). The minimum atomic E-state index is -0.0577. The maximum Gasteiger partial charge on any atom is 0.145 e. The van der Waals surface area contributed by atoms with Gasteiger partial charge in [-0.1, -0.05) is 12.1 Å². The van der Waals surface area contributed by atoms with Gasteiger partial charge in [-0.2, -0.15) is 10.5 Å². The van der Waals surface area contributed by atoms with Gasteiger partial charge in [-0.05, 0) is 61.1 Å². The molecule has 2 atom stereocenters. The van der Waals surface area contributed by atoms with Gasteiger partial charge >= 0.3 is 0 Å². The molecule has 0 amide bonds. The van der Waals surface area contributed by atoms with E-state index in [1.165, 1.54) is 25.7 Å². The van der Waals surface area contributed by atoms with Gasteiger partial charge in [0.1, 0.15) is 40.9 Å². The van der Waals surface area contributed by atoms with Crippen LogP contribution in [0, 0.1) is 40.4 Å². The molecule has 2 saturated carbocycles. The largest absolute Gasteiger partial charge is 0.491 e. The molecule has 1 heterocycles. The lowest BCUT2D eigenvalue weighted by atomic mass is 9.77. The fourth-order valence-corrected chi connectivity index (χ4v) is 5.89. The number of hydrogen-bond donors (Lipinski definition) is 2. The first-order valence-corrected chi connectivity index (χ1v) is 11.7. The van der Waals surface area contributed by atoms with E-state index in [1.54, 1.807) is 30.9 Å². The van der Waals surface area contributed by atoms with Crippen LogP contribution in [0.4, 0.5) is 5.82 Å². The molecule has 0 saturated heterocycles. The van der Waals surface area contributed by atoms with E-state index >= 15 is 0 Å². The quantitative estimate of drug-likeness (QED) is 0.592. The van der Waals surface area contributed by atoms with Crippen molar-refractivity contribution in [2.24, 2.45) is 17.8 Å². The zero-order chi connectivity index (χ0) is 21.8. The Labute approximate surface area is 187 Å². The van der Waals surface area contributed by atoms with Crippen LogP contribution in [0.25, 0.3) is 11.1 Å². The first kappa shape index (κ1) is 21.5. The van der Waals surface area contributed by atoms with Crippen molar-refractivity contribution in [3.8, 4) is 29.0 Å². The highest BCUT2D eigenvalue weighted by atomic mass is 32.2. The number of nitriles is 2. The molecule has 7 heteroatoms. The lowest BCUT2D eigenvalue weighted by Crippen LogP contribution is -2.18. The van der Waals surface area contributed by atoms with Crippen LogP contribution in [0.5, 0.6) is 5.75 Å². The van der Waals surface area contributed by atoms with Crippen LogP contribution < -0.4 is 10.1 Å². The number of aromatic nitrogens is 1. The number of fused-ring (bicyclic) bond motifs is 1. The SMILES string of the molecule is CNc1nc(SCC2CC3CCC3C2)c(C#N)c(-c2ccc(OCCO)cc2)c1C#N. The molecule has 2 N–H and O–H groups in total. The van der Waals surface area contributed by atoms with Gasteiger partial charge in [-0.3, -0.25) is 0 Å². The Morgan fingerprint density at radius 2 is 1.81 bits per heavy atom. The molecule has 0 spiro atoms. The topological polar surface area (TPSA) is 102 Å². The van der Waals surface area contributed by atoms with E-state index < -0.39 is 0 Å². The van der Waals surface area contributed by atoms with Crippen molar-refractivity contribution in [3.63, 3.8) is 0 Å². The van der Waals surface area contributed by atoms with Crippen molar-refractivity contribution < 1.29 is 9.84 Å². The van der Waals surface area contributed by atoms with E-state index in [0.29, 0.717) is 39.2 Å². The summed E-state index contributed by atoms with van der Waals surface area (Å²) in [7, 11) is 1.74. The van der Waals surface area contributed by atoms with E-state index in [2.05, 4.69) is 22.4 Å². The van der Waals surface area contributed by atoms with Crippen molar-refractivity contribution in [2.45, 2.75) is 30.7 Å². The van der Waals surface area contributed by atoms with E-state index in [1.807, 2.05) is 12.1 Å². The molecular weight excluding hydrogens is 408 g/mol. The fourth-order valence-electron chi connectivity index (χ4n) is 4.78. The molecule has 2 aromatic rings. The second-order valence-corrected chi connectivity index (χ2v) is 9.22. The smallest absolute Gasteiger partial charge is 0.145 e. The van der Waals surface area contributed by atoms with Gasteiger partial charge in [0.25, 0.3) is 0 Å². The number of nitrogens with one attached hydrogen (secondary N) is 1. The van der Waals surface area contributed by atoms with E-state index in [9.17, 15) is 10.5 Å². The van der Waals surface area contributed by atoms with Gasteiger partial charge in [-0.15, -0.1) is 11.8 Å². The number of anilines is 1. The molecule has 2 fully saturated rings. The highest BCUT2D eigenvalue weighted by molar-refractivity contribution is 7.99. The van der Waals surface area contributed by atoms with Crippen LogP contribution in [-0.2, 0) is 0 Å². The number of rotatable bonds is 8. The highest BCUT2D eigenvalue weighted by Gasteiger charge is 2.40. The van der Waals surface area contributed by atoms with E-state index in [-0.39, 0.29) is 13.2 Å². The predicted molar refractivity (Wildman–Crippen MR) is 121 cm³/mol. The molecule has 4 rings (SSSR count). The lowest BCUT2D eigenvalue weighted by Gasteiger charge is -2.29. The van der Waals surface area contributed by atoms with Crippen molar-refractivity contribution in [1.82, 2.24) is 4.98 Å². The first-order valence-electron chi connectivity index (χ1n) is 10.7. The number of hydrogen-bond acceptors (Lipinski definition) is 7. The minimum Gasteiger partial charge on any atom is -0.491 e. The van der Waals surface area contributed by atoms with Crippen molar-refractivity contribution >= 4 is 17.6 Å². The number of nitrogens with zero attached hydrogens (tertiary/aromatic N) is 3. The average molecular weight is 435 g/mol. The molecule has 2 unspecified atom stereocenters. The van der Waals surface area contributed by atoms with Gasteiger partial charge in [0.15, 0.2) is 0 Å². The van der Waals surface area contributed by atoms with Crippen LogP contribution >= 0.6 is 11.8 Å². The predicted octanol–water partition coefficient (Wildman–Crippen LogP) is 4.43. The zero-order valence-electron chi connectivity index (χ0n) is 17.6. The maximum absolute atomic E-state index is 10.0. The third kappa shape index (κ3) is 4.35. The summed E-state index contributed by atoms with van der Waals surface area (Å²) in [5.74, 6) is 4.57. The zero-order valence-corrected chi connectivity index (χ0v) is 18.4. The Kier molecular flexibility index (Phi) is 6.65.